The number of hydrogen-bond donors (Lipinski definition) is 0. The standard InChI is InChI=1S/C45H40N4/c1-44(2)35-23-12-11-22-33(35)34-27-38-40(28-37(34)44)49(39-25-14-13-24-36(39)45(38,3)4)32-21-15-20-31(26-32)43-47-41(29-16-7-5-8-17-29)46-42(48-43)30-18-9-6-10-19-30/h5-18,20-28,30,36,39H,19H2,1-4H3. The minimum atomic E-state index is -0.0877. The molecule has 0 fully saturated rings. The fraction of sp³-hybridized carbons (Fsp3) is 0.222. The van der Waals surface area contributed by atoms with E-state index in [4.69, 9.17) is 15.0 Å². The first-order valence-corrected chi connectivity index (χ1v) is 17.5. The zero-order valence-electron chi connectivity index (χ0n) is 28.5. The minimum Gasteiger partial charge on any atom is -0.334 e. The molecule has 4 nitrogen and oxygen atoms in total. The highest BCUT2D eigenvalue weighted by molar-refractivity contribution is 5.87. The molecule has 0 bridgehead atoms. The van der Waals surface area contributed by atoms with Crippen molar-refractivity contribution in [3.8, 4) is 33.9 Å². The van der Waals surface area contributed by atoms with Gasteiger partial charge in [-0.25, -0.2) is 15.0 Å². The Labute approximate surface area is 289 Å². The molecule has 0 radical (unpaired) electrons. The SMILES string of the molecule is CC1(C)c2ccccc2-c2cc3c(cc21)N(c1cccc(-c2nc(-c4ccccc4)nc(C4C=CC=CC4)n2)c1)C1C=CC=CC1C3(C)C. The van der Waals surface area contributed by atoms with Crippen LogP contribution in [0.3, 0.4) is 0 Å². The zero-order chi connectivity index (χ0) is 33.3. The fourth-order valence-electron chi connectivity index (χ4n) is 8.58. The second-order valence-corrected chi connectivity index (χ2v) is 14.9. The molecule has 4 aliphatic rings. The molecule has 3 unspecified atom stereocenters. The average Bonchev–Trinajstić information content (AvgIpc) is 3.37. The summed E-state index contributed by atoms with van der Waals surface area (Å²) in [6.45, 7) is 9.58. The molecule has 49 heavy (non-hydrogen) atoms. The van der Waals surface area contributed by atoms with E-state index in [0.717, 1.165) is 29.1 Å². The first-order valence-electron chi connectivity index (χ1n) is 17.5. The number of nitrogens with zero attached hydrogens (tertiary/aromatic N) is 4. The fourth-order valence-corrected chi connectivity index (χ4v) is 8.58. The van der Waals surface area contributed by atoms with Crippen LogP contribution >= 0.6 is 0 Å². The first kappa shape index (κ1) is 29.8. The van der Waals surface area contributed by atoms with E-state index in [1.54, 1.807) is 0 Å². The lowest BCUT2D eigenvalue weighted by Crippen LogP contribution is -2.50. The second-order valence-electron chi connectivity index (χ2n) is 14.9. The molecule has 3 atom stereocenters. The summed E-state index contributed by atoms with van der Waals surface area (Å²) in [7, 11) is 0. The summed E-state index contributed by atoms with van der Waals surface area (Å²) >= 11 is 0. The Morgan fingerprint density at radius 1 is 0.612 bits per heavy atom. The molecule has 240 valence electrons. The normalized spacial score (nSPS) is 22.0. The van der Waals surface area contributed by atoms with Gasteiger partial charge in [-0.15, -0.1) is 0 Å². The molecule has 0 saturated carbocycles. The zero-order valence-corrected chi connectivity index (χ0v) is 28.5. The Hall–Kier alpha value is -5.35. The molecule has 1 aromatic heterocycles. The van der Waals surface area contributed by atoms with Gasteiger partial charge in [0.05, 0.1) is 6.04 Å². The predicted octanol–water partition coefficient (Wildman–Crippen LogP) is 10.7. The first-order chi connectivity index (χ1) is 23.8. The van der Waals surface area contributed by atoms with Crippen LogP contribution in [0.25, 0.3) is 33.9 Å². The molecule has 0 amide bonds. The van der Waals surface area contributed by atoms with Gasteiger partial charge in [0.15, 0.2) is 11.6 Å². The van der Waals surface area contributed by atoms with E-state index in [9.17, 15) is 0 Å². The van der Waals surface area contributed by atoms with Crippen LogP contribution in [-0.4, -0.2) is 21.0 Å². The van der Waals surface area contributed by atoms with Crippen molar-refractivity contribution in [2.24, 2.45) is 5.92 Å². The molecule has 9 rings (SSSR count). The lowest BCUT2D eigenvalue weighted by molar-refractivity contribution is 0.332. The molecule has 4 aromatic carbocycles. The van der Waals surface area contributed by atoms with Gasteiger partial charge in [-0.1, -0.05) is 143 Å². The number of rotatable bonds is 4. The summed E-state index contributed by atoms with van der Waals surface area (Å²) in [5.74, 6) is 2.63. The molecule has 0 saturated heterocycles. The number of aromatic nitrogens is 3. The van der Waals surface area contributed by atoms with Crippen molar-refractivity contribution in [1.82, 2.24) is 15.0 Å². The second kappa shape index (κ2) is 11.1. The van der Waals surface area contributed by atoms with Crippen molar-refractivity contribution in [3.05, 3.63) is 162 Å². The van der Waals surface area contributed by atoms with E-state index < -0.39 is 0 Å². The third-order valence-electron chi connectivity index (χ3n) is 11.3. The van der Waals surface area contributed by atoms with Crippen LogP contribution < -0.4 is 4.90 Å². The maximum absolute atomic E-state index is 5.13. The van der Waals surface area contributed by atoms with Crippen LogP contribution in [-0.2, 0) is 10.8 Å². The highest BCUT2D eigenvalue weighted by Crippen LogP contribution is 2.56. The highest BCUT2D eigenvalue weighted by atomic mass is 15.2. The maximum Gasteiger partial charge on any atom is 0.163 e. The van der Waals surface area contributed by atoms with Crippen LogP contribution in [0, 0.1) is 5.92 Å². The number of benzene rings is 4. The van der Waals surface area contributed by atoms with Gasteiger partial charge in [0.2, 0.25) is 0 Å². The molecule has 3 aliphatic carbocycles. The smallest absolute Gasteiger partial charge is 0.163 e. The van der Waals surface area contributed by atoms with E-state index in [1.807, 2.05) is 18.2 Å². The Balaban J connectivity index is 1.22. The largest absolute Gasteiger partial charge is 0.334 e. The number of fused-ring (bicyclic) bond motifs is 5. The van der Waals surface area contributed by atoms with Crippen LogP contribution in [0.5, 0.6) is 0 Å². The molecule has 0 spiro atoms. The van der Waals surface area contributed by atoms with Crippen LogP contribution in [0.4, 0.5) is 11.4 Å². The minimum absolute atomic E-state index is 0.0677. The summed E-state index contributed by atoms with van der Waals surface area (Å²) in [5.41, 5.74) is 11.2. The molecule has 0 N–H and O–H groups in total. The summed E-state index contributed by atoms with van der Waals surface area (Å²) in [4.78, 5) is 17.8. The van der Waals surface area contributed by atoms with E-state index in [1.165, 1.54) is 33.5 Å². The van der Waals surface area contributed by atoms with Gasteiger partial charge in [0, 0.05) is 45.2 Å². The van der Waals surface area contributed by atoms with Gasteiger partial charge < -0.3 is 4.90 Å². The maximum atomic E-state index is 5.13. The van der Waals surface area contributed by atoms with Crippen LogP contribution in [0.15, 0.2) is 140 Å². The van der Waals surface area contributed by atoms with Crippen LogP contribution in [0.1, 0.15) is 62.5 Å². The molecule has 4 heteroatoms. The Morgan fingerprint density at radius 3 is 2.16 bits per heavy atom. The predicted molar refractivity (Wildman–Crippen MR) is 201 cm³/mol. The van der Waals surface area contributed by atoms with E-state index >= 15 is 0 Å². The summed E-state index contributed by atoms with van der Waals surface area (Å²) < 4.78 is 0. The quantitative estimate of drug-likeness (QED) is 0.197. The van der Waals surface area contributed by atoms with Gasteiger partial charge >= 0.3 is 0 Å². The van der Waals surface area contributed by atoms with Gasteiger partial charge in [-0.3, -0.25) is 0 Å². The van der Waals surface area contributed by atoms with Crippen molar-refractivity contribution < 1.29 is 0 Å². The molecular formula is C45H40N4. The highest BCUT2D eigenvalue weighted by Gasteiger charge is 2.47. The van der Waals surface area contributed by atoms with Crippen molar-refractivity contribution >= 4 is 11.4 Å². The van der Waals surface area contributed by atoms with Crippen LogP contribution in [0.2, 0.25) is 0 Å². The molecule has 1 aliphatic heterocycles. The van der Waals surface area contributed by atoms with Crippen molar-refractivity contribution in [3.63, 3.8) is 0 Å². The monoisotopic (exact) mass is 636 g/mol. The topological polar surface area (TPSA) is 41.9 Å². The summed E-state index contributed by atoms with van der Waals surface area (Å²) in [6, 6.07) is 33.2. The van der Waals surface area contributed by atoms with Gasteiger partial charge in [0.1, 0.15) is 5.82 Å². The Kier molecular flexibility index (Phi) is 6.74. The van der Waals surface area contributed by atoms with Gasteiger partial charge in [-0.05, 0) is 58.5 Å². The Bertz CT molecular complexity index is 2240. The van der Waals surface area contributed by atoms with Gasteiger partial charge in [-0.2, -0.15) is 0 Å². The van der Waals surface area contributed by atoms with Crippen molar-refractivity contribution in [2.45, 2.75) is 56.9 Å². The number of allylic oxidation sites excluding steroid dienone is 6. The third-order valence-corrected chi connectivity index (χ3v) is 11.3. The van der Waals surface area contributed by atoms with E-state index in [-0.39, 0.29) is 22.8 Å². The summed E-state index contributed by atoms with van der Waals surface area (Å²) in [5, 5.41) is 0. The lowest BCUT2D eigenvalue weighted by atomic mass is 9.64. The van der Waals surface area contributed by atoms with Crippen molar-refractivity contribution in [2.75, 3.05) is 4.90 Å². The van der Waals surface area contributed by atoms with Gasteiger partial charge in [0.25, 0.3) is 0 Å². The van der Waals surface area contributed by atoms with Crippen molar-refractivity contribution in [1.29, 1.82) is 0 Å². The lowest BCUT2D eigenvalue weighted by Gasteiger charge is -2.51. The van der Waals surface area contributed by atoms with E-state index in [0.29, 0.717) is 17.6 Å². The number of hydrogen-bond acceptors (Lipinski definition) is 4. The molecule has 2 heterocycles. The average molecular weight is 637 g/mol. The molecular weight excluding hydrogens is 597 g/mol. The number of anilines is 2. The third kappa shape index (κ3) is 4.68. The Morgan fingerprint density at radius 2 is 1.35 bits per heavy atom. The summed E-state index contributed by atoms with van der Waals surface area (Å²) in [6.07, 6.45) is 18.7. The van der Waals surface area contributed by atoms with E-state index in [2.05, 4.69) is 154 Å². The molecule has 5 aromatic rings.